The molecular formula is C17H27BrO2. The fourth-order valence-corrected chi connectivity index (χ4v) is 2.48. The largest absolute Gasteiger partial charge is 0.497 e. The SMILES string of the molecule is COc1ccc(CCCCOCCCCCCBr)cc1. The van der Waals surface area contributed by atoms with Gasteiger partial charge in [0.25, 0.3) is 0 Å². The summed E-state index contributed by atoms with van der Waals surface area (Å²) in [6.07, 6.45) is 8.54. The molecule has 0 N–H and O–H groups in total. The number of hydrogen-bond donors (Lipinski definition) is 0. The highest BCUT2D eigenvalue weighted by atomic mass is 79.9. The molecule has 1 rings (SSSR count). The van der Waals surface area contributed by atoms with Gasteiger partial charge in [-0.05, 0) is 49.8 Å². The molecule has 0 aromatic heterocycles. The van der Waals surface area contributed by atoms with E-state index in [1.165, 1.54) is 37.7 Å². The van der Waals surface area contributed by atoms with E-state index in [4.69, 9.17) is 9.47 Å². The first kappa shape index (κ1) is 17.5. The second kappa shape index (κ2) is 12.2. The van der Waals surface area contributed by atoms with Crippen LogP contribution < -0.4 is 4.74 Å². The summed E-state index contributed by atoms with van der Waals surface area (Å²) in [6, 6.07) is 8.34. The number of ether oxygens (including phenoxy) is 2. The van der Waals surface area contributed by atoms with Gasteiger partial charge in [-0.25, -0.2) is 0 Å². The first-order valence-corrected chi connectivity index (χ1v) is 8.75. The zero-order valence-electron chi connectivity index (χ0n) is 12.6. The molecule has 0 heterocycles. The summed E-state index contributed by atoms with van der Waals surface area (Å²) in [4.78, 5) is 0. The molecule has 0 saturated heterocycles. The minimum Gasteiger partial charge on any atom is -0.497 e. The quantitative estimate of drug-likeness (QED) is 0.393. The van der Waals surface area contributed by atoms with Crippen molar-refractivity contribution in [2.45, 2.75) is 44.9 Å². The Morgan fingerprint density at radius 3 is 2.15 bits per heavy atom. The Kier molecular flexibility index (Phi) is 10.7. The normalized spacial score (nSPS) is 10.7. The molecular weight excluding hydrogens is 316 g/mol. The van der Waals surface area contributed by atoms with E-state index in [0.717, 1.165) is 37.1 Å². The standard InChI is InChI=1S/C17H27BrO2/c1-19-17-11-9-16(10-12-17)8-4-7-15-20-14-6-3-2-5-13-18/h9-12H,2-8,13-15H2,1H3. The zero-order valence-corrected chi connectivity index (χ0v) is 14.2. The van der Waals surface area contributed by atoms with Crippen LogP contribution in [0.15, 0.2) is 24.3 Å². The summed E-state index contributed by atoms with van der Waals surface area (Å²) in [6.45, 7) is 1.82. The first-order chi connectivity index (χ1) is 9.86. The lowest BCUT2D eigenvalue weighted by Gasteiger charge is -2.05. The van der Waals surface area contributed by atoms with Crippen LogP contribution in [0.5, 0.6) is 5.75 Å². The summed E-state index contributed by atoms with van der Waals surface area (Å²) in [7, 11) is 1.70. The van der Waals surface area contributed by atoms with Crippen molar-refractivity contribution in [2.75, 3.05) is 25.7 Å². The van der Waals surface area contributed by atoms with Gasteiger partial charge >= 0.3 is 0 Å². The average Bonchev–Trinajstić information content (AvgIpc) is 2.50. The maximum absolute atomic E-state index is 5.66. The van der Waals surface area contributed by atoms with Crippen molar-refractivity contribution in [1.82, 2.24) is 0 Å². The maximum Gasteiger partial charge on any atom is 0.118 e. The van der Waals surface area contributed by atoms with E-state index in [1.807, 2.05) is 12.1 Å². The zero-order chi connectivity index (χ0) is 14.5. The van der Waals surface area contributed by atoms with E-state index in [9.17, 15) is 0 Å². The van der Waals surface area contributed by atoms with Gasteiger partial charge in [-0.1, -0.05) is 40.9 Å². The van der Waals surface area contributed by atoms with Gasteiger partial charge in [0, 0.05) is 18.5 Å². The van der Waals surface area contributed by atoms with Crippen LogP contribution in [-0.4, -0.2) is 25.7 Å². The number of hydrogen-bond acceptors (Lipinski definition) is 2. The van der Waals surface area contributed by atoms with Gasteiger partial charge in [-0.15, -0.1) is 0 Å². The van der Waals surface area contributed by atoms with Gasteiger partial charge < -0.3 is 9.47 Å². The van der Waals surface area contributed by atoms with E-state index in [2.05, 4.69) is 28.1 Å². The van der Waals surface area contributed by atoms with Gasteiger partial charge in [0.2, 0.25) is 0 Å². The van der Waals surface area contributed by atoms with Crippen molar-refractivity contribution < 1.29 is 9.47 Å². The minimum atomic E-state index is 0.897. The Hall–Kier alpha value is -0.540. The number of methoxy groups -OCH3 is 1. The summed E-state index contributed by atoms with van der Waals surface area (Å²) >= 11 is 3.45. The molecule has 0 aliphatic carbocycles. The highest BCUT2D eigenvalue weighted by molar-refractivity contribution is 9.09. The van der Waals surface area contributed by atoms with Gasteiger partial charge in [-0.2, -0.15) is 0 Å². The number of rotatable bonds is 12. The minimum absolute atomic E-state index is 0.897. The molecule has 0 unspecified atom stereocenters. The van der Waals surface area contributed by atoms with Crippen molar-refractivity contribution in [3.05, 3.63) is 29.8 Å². The predicted octanol–water partition coefficient (Wildman–Crippen LogP) is 4.99. The molecule has 0 aliphatic heterocycles. The number of halogens is 1. The fraction of sp³-hybridized carbons (Fsp3) is 0.647. The second-order valence-corrected chi connectivity index (χ2v) is 5.81. The molecule has 20 heavy (non-hydrogen) atoms. The molecule has 1 aromatic rings. The van der Waals surface area contributed by atoms with Crippen molar-refractivity contribution in [2.24, 2.45) is 0 Å². The van der Waals surface area contributed by atoms with E-state index < -0.39 is 0 Å². The monoisotopic (exact) mass is 342 g/mol. The lowest BCUT2D eigenvalue weighted by atomic mass is 10.1. The second-order valence-electron chi connectivity index (χ2n) is 5.02. The molecule has 0 amide bonds. The topological polar surface area (TPSA) is 18.5 Å². The highest BCUT2D eigenvalue weighted by Gasteiger charge is 1.96. The third-order valence-corrected chi connectivity index (χ3v) is 3.90. The molecule has 2 nitrogen and oxygen atoms in total. The Labute approximate surface area is 132 Å². The lowest BCUT2D eigenvalue weighted by Crippen LogP contribution is -1.98. The summed E-state index contributed by atoms with van der Waals surface area (Å²) in [5.74, 6) is 0.928. The van der Waals surface area contributed by atoms with Crippen molar-refractivity contribution in [1.29, 1.82) is 0 Å². The van der Waals surface area contributed by atoms with Gasteiger partial charge in [0.05, 0.1) is 7.11 Å². The molecule has 0 aliphatic rings. The van der Waals surface area contributed by atoms with Crippen LogP contribution in [0.4, 0.5) is 0 Å². The smallest absolute Gasteiger partial charge is 0.118 e. The molecule has 0 saturated carbocycles. The molecule has 3 heteroatoms. The van der Waals surface area contributed by atoms with Crippen LogP contribution in [0.2, 0.25) is 0 Å². The van der Waals surface area contributed by atoms with Crippen molar-refractivity contribution >= 4 is 15.9 Å². The van der Waals surface area contributed by atoms with Crippen molar-refractivity contribution in [3.63, 3.8) is 0 Å². The molecule has 0 spiro atoms. The molecule has 1 aromatic carbocycles. The van der Waals surface area contributed by atoms with Crippen LogP contribution in [0.1, 0.15) is 44.1 Å². The van der Waals surface area contributed by atoms with Crippen LogP contribution >= 0.6 is 15.9 Å². The summed E-state index contributed by atoms with van der Waals surface area (Å²) in [5, 5.41) is 1.12. The maximum atomic E-state index is 5.66. The highest BCUT2D eigenvalue weighted by Crippen LogP contribution is 2.13. The number of benzene rings is 1. The lowest BCUT2D eigenvalue weighted by molar-refractivity contribution is 0.126. The molecule has 0 radical (unpaired) electrons. The molecule has 0 bridgehead atoms. The van der Waals surface area contributed by atoms with Crippen LogP contribution in [-0.2, 0) is 11.2 Å². The number of alkyl halides is 1. The average molecular weight is 343 g/mol. The Bertz CT molecular complexity index is 324. The third-order valence-electron chi connectivity index (χ3n) is 3.34. The van der Waals surface area contributed by atoms with E-state index in [1.54, 1.807) is 7.11 Å². The summed E-state index contributed by atoms with van der Waals surface area (Å²) in [5.41, 5.74) is 1.38. The fourth-order valence-electron chi connectivity index (χ4n) is 2.08. The molecule has 0 atom stereocenters. The van der Waals surface area contributed by atoms with Gasteiger partial charge in [-0.3, -0.25) is 0 Å². The van der Waals surface area contributed by atoms with Crippen LogP contribution in [0, 0.1) is 0 Å². The van der Waals surface area contributed by atoms with Crippen molar-refractivity contribution in [3.8, 4) is 5.75 Å². The Morgan fingerprint density at radius 2 is 1.50 bits per heavy atom. The van der Waals surface area contributed by atoms with Gasteiger partial charge in [0.1, 0.15) is 5.75 Å². The van der Waals surface area contributed by atoms with E-state index >= 15 is 0 Å². The van der Waals surface area contributed by atoms with Gasteiger partial charge in [0.15, 0.2) is 0 Å². The van der Waals surface area contributed by atoms with Crippen LogP contribution in [0.25, 0.3) is 0 Å². The molecule has 114 valence electrons. The Morgan fingerprint density at radius 1 is 0.850 bits per heavy atom. The molecule has 0 fully saturated rings. The number of aryl methyl sites for hydroxylation is 1. The summed E-state index contributed by atoms with van der Waals surface area (Å²) < 4.78 is 10.8. The van der Waals surface area contributed by atoms with E-state index in [-0.39, 0.29) is 0 Å². The third kappa shape index (κ3) is 8.60. The van der Waals surface area contributed by atoms with E-state index in [0.29, 0.717) is 0 Å². The van der Waals surface area contributed by atoms with Crippen LogP contribution in [0.3, 0.4) is 0 Å². The first-order valence-electron chi connectivity index (χ1n) is 7.63. The number of unbranched alkanes of at least 4 members (excludes halogenated alkanes) is 4. The Balaban J connectivity index is 1.91. The predicted molar refractivity (Wildman–Crippen MR) is 89.0 cm³/mol.